The molecular weight excluding hydrogens is 1120 g/mol. The Kier molecular flexibility index (Phi) is 27.0. The Hall–Kier alpha value is -2.32. The molecule has 406 valence electrons. The summed E-state index contributed by atoms with van der Waals surface area (Å²) in [6, 6.07) is 0. The molecule has 8 heterocycles. The highest BCUT2D eigenvalue weighted by atomic mass is 32.3. The maximum atomic E-state index is 10.5. The lowest BCUT2D eigenvalue weighted by Crippen LogP contribution is -2.17. The van der Waals surface area contributed by atoms with Gasteiger partial charge in [-0.05, 0) is 25.7 Å². The summed E-state index contributed by atoms with van der Waals surface area (Å²) in [5, 5.41) is 0. The molecule has 6 unspecified atom stereocenters. The summed E-state index contributed by atoms with van der Waals surface area (Å²) in [7, 11) is -29.1. The molecule has 0 spiro atoms. The van der Waals surface area contributed by atoms with Gasteiger partial charge < -0.3 is 8.37 Å². The van der Waals surface area contributed by atoms with Gasteiger partial charge in [0.25, 0.3) is 0 Å². The summed E-state index contributed by atoms with van der Waals surface area (Å²) in [6.07, 6.45) is 8.04. The summed E-state index contributed by atoms with van der Waals surface area (Å²) >= 11 is 0. The van der Waals surface area contributed by atoms with E-state index >= 15 is 0 Å². The van der Waals surface area contributed by atoms with Crippen LogP contribution in [-0.4, -0.2) is 157 Å². The van der Waals surface area contributed by atoms with E-state index in [1.165, 1.54) is 6.08 Å². The van der Waals surface area contributed by atoms with Crippen LogP contribution in [0.25, 0.3) is 0 Å². The minimum atomic E-state index is -3.75. The van der Waals surface area contributed by atoms with Crippen LogP contribution in [0.3, 0.4) is 0 Å². The Bertz CT molecular complexity index is 2570. The Balaban J connectivity index is 0.000000395. The minimum absolute atomic E-state index is 0.0475. The standard InChI is InChI=1S/2C5H10O4S.C4H8O4S.C4H6O4S.C4H4O4S.C3H6O4S.C2H4O4S.C2H2O4S/c1-4(2)5-3-8-10(6,7)9-5;1-2-3-5-4-8-10(6,7)9-5;3*1-2-4-3-7-9(5,6)8-4;1-3-2-6-8(4,5)7-3;2*3-7(4)5-1-2-6-7/h4-5H,3H2,1-2H3;5H,2-4H2,1H3;4H,2-3H2,1H3;2,4H,1,3H2;1,4H,3H2;3H,2H2,1H3;1-2H2;1-2H. The van der Waals surface area contributed by atoms with Crippen LogP contribution in [0.5, 0.6) is 0 Å². The zero-order valence-corrected chi connectivity index (χ0v) is 43.2. The van der Waals surface area contributed by atoms with Crippen LogP contribution in [0, 0.1) is 18.3 Å². The van der Waals surface area contributed by atoms with Gasteiger partial charge in [-0.2, -0.15) is 58.9 Å². The predicted molar refractivity (Wildman–Crippen MR) is 224 cm³/mol. The molecule has 0 saturated carbocycles. The van der Waals surface area contributed by atoms with E-state index in [-0.39, 0.29) is 83.2 Å². The van der Waals surface area contributed by atoms with Gasteiger partial charge in [-0.25, -0.2) is 58.6 Å². The fraction of sp³-hybridized carbons (Fsp3) is 0.793. The van der Waals surface area contributed by atoms with Gasteiger partial charge in [0.1, 0.15) is 49.7 Å². The molecule has 8 aliphatic rings. The van der Waals surface area contributed by atoms with E-state index in [2.05, 4.69) is 79.4 Å². The summed E-state index contributed by atoms with van der Waals surface area (Å²) in [5.41, 5.74) is 0. The quantitative estimate of drug-likeness (QED) is 0.226. The van der Waals surface area contributed by atoms with Crippen molar-refractivity contribution in [2.24, 2.45) is 5.92 Å². The maximum absolute atomic E-state index is 10.5. The van der Waals surface area contributed by atoms with E-state index in [9.17, 15) is 67.3 Å². The molecule has 0 bridgehead atoms. The molecule has 0 amide bonds. The van der Waals surface area contributed by atoms with Crippen molar-refractivity contribution >= 4 is 83.2 Å². The second-order valence-electron chi connectivity index (χ2n) is 13.1. The van der Waals surface area contributed by atoms with Crippen molar-refractivity contribution in [2.75, 3.05) is 52.9 Å². The van der Waals surface area contributed by atoms with E-state index in [4.69, 9.17) is 6.42 Å². The maximum Gasteiger partial charge on any atom is 0.500 e. The van der Waals surface area contributed by atoms with Crippen LogP contribution in [0.4, 0.5) is 0 Å². The van der Waals surface area contributed by atoms with Crippen LogP contribution < -0.4 is 0 Å². The highest BCUT2D eigenvalue weighted by molar-refractivity contribution is 7.83. The zero-order valence-electron chi connectivity index (χ0n) is 36.7. The van der Waals surface area contributed by atoms with E-state index in [1.807, 2.05) is 27.7 Å². The number of hydrogen-bond acceptors (Lipinski definition) is 32. The molecule has 0 radical (unpaired) electrons. The molecule has 40 heteroatoms. The third-order valence-corrected chi connectivity index (χ3v) is 14.2. The first-order chi connectivity index (χ1) is 31.6. The average molecular weight is 1170 g/mol. The van der Waals surface area contributed by atoms with Gasteiger partial charge in [-0.1, -0.05) is 46.1 Å². The third kappa shape index (κ3) is 29.7. The molecule has 32 nitrogen and oxygen atoms in total. The van der Waals surface area contributed by atoms with Gasteiger partial charge in [0.2, 0.25) is 0 Å². The first-order valence-corrected chi connectivity index (χ1v) is 29.6. The lowest BCUT2D eigenvalue weighted by Gasteiger charge is -2.07. The average Bonchev–Trinajstić information content (AvgIpc) is 4.13. The molecule has 8 rings (SSSR count). The van der Waals surface area contributed by atoms with Crippen molar-refractivity contribution in [1.29, 1.82) is 0 Å². The van der Waals surface area contributed by atoms with E-state index < -0.39 is 95.4 Å². The normalized spacial score (nSPS) is 30.9. The van der Waals surface area contributed by atoms with Crippen molar-refractivity contribution in [1.82, 2.24) is 0 Å². The number of rotatable bonds is 5. The SMILES string of the molecule is C#CC1COS(=O)(=O)O1.C=CC1COS(=O)(=O)O1.CC(C)C1COS(=O)(=O)O1.CC1COS(=O)(=O)O1.CCC1COS(=O)(=O)O1.CCCC1COS(=O)(=O)O1.O=S1(=O)OC=CO1.O=S1(=O)OCCO1. The second kappa shape index (κ2) is 28.8. The van der Waals surface area contributed by atoms with Gasteiger partial charge >= 0.3 is 83.2 Å². The van der Waals surface area contributed by atoms with Crippen molar-refractivity contribution in [3.05, 3.63) is 25.2 Å². The van der Waals surface area contributed by atoms with Gasteiger partial charge in [0.05, 0.1) is 46.2 Å². The minimum Gasteiger partial charge on any atom is -0.357 e. The monoisotopic (exact) mass is 1170 g/mol. The molecule has 0 N–H and O–H groups in total. The van der Waals surface area contributed by atoms with Crippen LogP contribution in [-0.2, 0) is 150 Å². The van der Waals surface area contributed by atoms with Crippen molar-refractivity contribution in [3.63, 3.8) is 0 Å². The first kappa shape index (κ1) is 64.7. The van der Waals surface area contributed by atoms with Crippen LogP contribution in [0.2, 0.25) is 0 Å². The second-order valence-corrected chi connectivity index (χ2v) is 23.1. The summed E-state index contributed by atoms with van der Waals surface area (Å²) in [6.45, 7) is 13.5. The van der Waals surface area contributed by atoms with Gasteiger partial charge in [-0.15, -0.1) is 21.4 Å². The number of hydrogen-bond donors (Lipinski definition) is 0. The molecule has 0 aliphatic carbocycles. The van der Waals surface area contributed by atoms with Crippen molar-refractivity contribution < 1.29 is 134 Å². The first-order valence-electron chi connectivity index (χ1n) is 18.9. The lowest BCUT2D eigenvalue weighted by molar-refractivity contribution is 0.180. The molecule has 0 aromatic heterocycles. The zero-order chi connectivity index (χ0) is 53.0. The molecule has 0 aromatic rings. The molecule has 7 fully saturated rings. The van der Waals surface area contributed by atoms with Gasteiger partial charge in [0, 0.05) is 0 Å². The Morgan fingerprint density at radius 2 is 0.971 bits per heavy atom. The number of terminal acetylenes is 1. The Labute approximate surface area is 402 Å². The lowest BCUT2D eigenvalue weighted by atomic mass is 10.1. The Morgan fingerprint density at radius 3 is 1.17 bits per heavy atom. The van der Waals surface area contributed by atoms with Crippen molar-refractivity contribution in [3.8, 4) is 12.3 Å². The van der Waals surface area contributed by atoms with E-state index in [0.717, 1.165) is 25.4 Å². The molecule has 8 aliphatic heterocycles. The summed E-state index contributed by atoms with van der Waals surface area (Å²) in [4.78, 5) is 0. The largest absolute Gasteiger partial charge is 0.500 e. The van der Waals surface area contributed by atoms with Crippen LogP contribution in [0.15, 0.2) is 25.2 Å². The van der Waals surface area contributed by atoms with Gasteiger partial charge in [0.15, 0.2) is 6.10 Å². The molecular formula is C29H50O32S8. The van der Waals surface area contributed by atoms with E-state index in [0.29, 0.717) is 6.42 Å². The Morgan fingerprint density at radius 1 is 0.536 bits per heavy atom. The fourth-order valence-electron chi connectivity index (χ4n) is 3.89. The molecule has 0 aromatic carbocycles. The summed E-state index contributed by atoms with van der Waals surface area (Å²) < 4.78 is 232. The van der Waals surface area contributed by atoms with Crippen LogP contribution in [0.1, 0.15) is 53.9 Å². The highest BCUT2D eigenvalue weighted by Gasteiger charge is 2.33. The molecule has 69 heavy (non-hydrogen) atoms. The summed E-state index contributed by atoms with van der Waals surface area (Å²) in [5.74, 6) is 2.27. The molecule has 6 atom stereocenters. The smallest absolute Gasteiger partial charge is 0.357 e. The fourth-order valence-corrected chi connectivity index (χ4v) is 10.0. The van der Waals surface area contributed by atoms with Crippen molar-refractivity contribution in [2.45, 2.75) is 90.5 Å². The predicted octanol–water partition coefficient (Wildman–Crippen LogP) is -1.39. The van der Waals surface area contributed by atoms with Crippen LogP contribution >= 0.6 is 0 Å². The molecule has 7 saturated heterocycles. The van der Waals surface area contributed by atoms with E-state index in [1.54, 1.807) is 6.92 Å². The van der Waals surface area contributed by atoms with Gasteiger partial charge in [-0.3, -0.25) is 0 Å². The third-order valence-electron chi connectivity index (χ3n) is 7.07. The topological polar surface area (TPSA) is 421 Å². The highest BCUT2D eigenvalue weighted by Crippen LogP contribution is 2.19.